The van der Waals surface area contributed by atoms with Gasteiger partial charge in [0.25, 0.3) is 0 Å². The summed E-state index contributed by atoms with van der Waals surface area (Å²) < 4.78 is 0. The third kappa shape index (κ3) is 2.26. The number of primary amides is 1. The summed E-state index contributed by atoms with van der Waals surface area (Å²) in [7, 11) is 0. The minimum Gasteiger partial charge on any atom is -0.366 e. The molecule has 0 saturated carbocycles. The normalized spacial score (nSPS) is 13.3. The minimum absolute atomic E-state index is 0.407. The number of aliphatic imine (C=N–C) groups is 1. The van der Waals surface area contributed by atoms with Gasteiger partial charge in [0.05, 0.1) is 5.69 Å². The molecule has 0 aromatic heterocycles. The van der Waals surface area contributed by atoms with Crippen LogP contribution in [0.4, 0.5) is 5.69 Å². The quantitative estimate of drug-likeness (QED) is 0.888. The fraction of sp³-hybridized carbons (Fsp3) is 0.0588. The van der Waals surface area contributed by atoms with Crippen molar-refractivity contribution in [1.82, 2.24) is 0 Å². The highest BCUT2D eigenvalue weighted by Gasteiger charge is 2.14. The van der Waals surface area contributed by atoms with Gasteiger partial charge in [-0.3, -0.25) is 9.79 Å². The van der Waals surface area contributed by atoms with E-state index in [0.717, 1.165) is 28.8 Å². The fourth-order valence-electron chi connectivity index (χ4n) is 2.42. The number of nitrogens with two attached hydrogens (primary N) is 1. The summed E-state index contributed by atoms with van der Waals surface area (Å²) in [5, 5.41) is 0. The summed E-state index contributed by atoms with van der Waals surface area (Å²) >= 11 is 0. The number of benzene rings is 2. The van der Waals surface area contributed by atoms with E-state index in [-0.39, 0.29) is 0 Å². The molecule has 0 radical (unpaired) electrons. The smallest absolute Gasteiger partial charge is 0.249 e. The lowest BCUT2D eigenvalue weighted by molar-refractivity contribution is 0.1000. The van der Waals surface area contributed by atoms with Crippen molar-refractivity contribution >= 4 is 23.4 Å². The monoisotopic (exact) mass is 262 g/mol. The van der Waals surface area contributed by atoms with Gasteiger partial charge in [-0.05, 0) is 34.9 Å². The molecule has 0 bridgehead atoms. The van der Waals surface area contributed by atoms with Crippen LogP contribution < -0.4 is 5.73 Å². The molecule has 0 saturated heterocycles. The van der Waals surface area contributed by atoms with E-state index >= 15 is 0 Å². The summed E-state index contributed by atoms with van der Waals surface area (Å²) in [4.78, 5) is 16.0. The maximum atomic E-state index is 11.6. The summed E-state index contributed by atoms with van der Waals surface area (Å²) in [6, 6.07) is 15.4. The van der Waals surface area contributed by atoms with Crippen molar-refractivity contribution in [1.29, 1.82) is 0 Å². The molecule has 2 N–H and O–H groups in total. The van der Waals surface area contributed by atoms with Crippen LogP contribution >= 0.6 is 0 Å². The average Bonchev–Trinajstić information content (AvgIpc) is 2.69. The van der Waals surface area contributed by atoms with E-state index in [1.54, 1.807) is 12.3 Å². The minimum atomic E-state index is -0.407. The zero-order chi connectivity index (χ0) is 13.9. The predicted octanol–water partition coefficient (Wildman–Crippen LogP) is 3.13. The number of para-hydroxylation sites is 1. The summed E-state index contributed by atoms with van der Waals surface area (Å²) in [5.41, 5.74) is 10.0. The topological polar surface area (TPSA) is 55.5 Å². The van der Waals surface area contributed by atoms with Crippen LogP contribution in [0.3, 0.4) is 0 Å². The van der Waals surface area contributed by atoms with Gasteiger partial charge >= 0.3 is 0 Å². The molecule has 1 amide bonds. The van der Waals surface area contributed by atoms with Crippen LogP contribution in [-0.2, 0) is 6.42 Å². The van der Waals surface area contributed by atoms with Crippen molar-refractivity contribution in [2.45, 2.75) is 6.42 Å². The lowest BCUT2D eigenvalue weighted by Crippen LogP contribution is -2.13. The maximum absolute atomic E-state index is 11.6. The molecule has 2 aromatic carbocycles. The predicted molar refractivity (Wildman–Crippen MR) is 81.2 cm³/mol. The van der Waals surface area contributed by atoms with Crippen molar-refractivity contribution in [3.8, 4) is 0 Å². The van der Waals surface area contributed by atoms with E-state index in [0.29, 0.717) is 5.56 Å². The second-order valence-electron chi connectivity index (χ2n) is 4.69. The van der Waals surface area contributed by atoms with Gasteiger partial charge in [-0.25, -0.2) is 0 Å². The molecule has 0 spiro atoms. The highest BCUT2D eigenvalue weighted by Crippen LogP contribution is 2.29. The number of hydrogen-bond donors (Lipinski definition) is 1. The fourth-order valence-corrected chi connectivity index (χ4v) is 2.42. The first-order valence-electron chi connectivity index (χ1n) is 6.46. The van der Waals surface area contributed by atoms with Crippen LogP contribution in [0, 0.1) is 0 Å². The Hall–Kier alpha value is -2.68. The van der Waals surface area contributed by atoms with E-state index in [1.807, 2.05) is 42.5 Å². The SMILES string of the molecule is NC(=O)c1ccccc1C1=CC=Nc2ccccc2C1. The van der Waals surface area contributed by atoms with E-state index in [1.165, 1.54) is 0 Å². The molecule has 20 heavy (non-hydrogen) atoms. The molecule has 3 heteroatoms. The Balaban J connectivity index is 2.07. The van der Waals surface area contributed by atoms with Crippen LogP contribution in [0.25, 0.3) is 5.57 Å². The van der Waals surface area contributed by atoms with E-state index in [2.05, 4.69) is 11.1 Å². The van der Waals surface area contributed by atoms with Gasteiger partial charge in [0, 0.05) is 18.2 Å². The second kappa shape index (κ2) is 5.13. The highest BCUT2D eigenvalue weighted by atomic mass is 16.1. The number of nitrogens with zero attached hydrogens (tertiary/aromatic N) is 1. The largest absolute Gasteiger partial charge is 0.366 e. The lowest BCUT2D eigenvalue weighted by atomic mass is 9.93. The third-order valence-electron chi connectivity index (χ3n) is 3.40. The van der Waals surface area contributed by atoms with Crippen molar-refractivity contribution in [2.75, 3.05) is 0 Å². The first-order chi connectivity index (χ1) is 9.75. The lowest BCUT2D eigenvalue weighted by Gasteiger charge is -2.11. The van der Waals surface area contributed by atoms with Crippen molar-refractivity contribution < 1.29 is 4.79 Å². The molecule has 1 aliphatic rings. The molecule has 0 atom stereocenters. The van der Waals surface area contributed by atoms with Crippen LogP contribution in [-0.4, -0.2) is 12.1 Å². The van der Waals surface area contributed by atoms with Gasteiger partial charge in [0.15, 0.2) is 0 Å². The van der Waals surface area contributed by atoms with Crippen molar-refractivity contribution in [3.63, 3.8) is 0 Å². The second-order valence-corrected chi connectivity index (χ2v) is 4.69. The summed E-state index contributed by atoms with van der Waals surface area (Å²) in [6.07, 6.45) is 4.46. The Morgan fingerprint density at radius 3 is 2.65 bits per heavy atom. The summed E-state index contributed by atoms with van der Waals surface area (Å²) in [5.74, 6) is -0.407. The zero-order valence-corrected chi connectivity index (χ0v) is 10.9. The Kier molecular flexibility index (Phi) is 3.17. The number of hydrogen-bond acceptors (Lipinski definition) is 2. The zero-order valence-electron chi connectivity index (χ0n) is 10.9. The molecular formula is C17H14N2O. The van der Waals surface area contributed by atoms with Gasteiger partial charge in [-0.1, -0.05) is 36.4 Å². The first kappa shape index (κ1) is 12.4. The molecule has 1 aliphatic heterocycles. The number of allylic oxidation sites excluding steroid dienone is 2. The molecule has 3 rings (SSSR count). The van der Waals surface area contributed by atoms with Gasteiger partial charge in [0.1, 0.15) is 0 Å². The van der Waals surface area contributed by atoms with Crippen LogP contribution in [0.1, 0.15) is 21.5 Å². The van der Waals surface area contributed by atoms with E-state index in [4.69, 9.17) is 5.73 Å². The third-order valence-corrected chi connectivity index (χ3v) is 3.40. The van der Waals surface area contributed by atoms with E-state index < -0.39 is 5.91 Å². The maximum Gasteiger partial charge on any atom is 0.249 e. The van der Waals surface area contributed by atoms with Crippen LogP contribution in [0.5, 0.6) is 0 Å². The Morgan fingerprint density at radius 2 is 1.80 bits per heavy atom. The van der Waals surface area contributed by atoms with Gasteiger partial charge in [0.2, 0.25) is 5.91 Å². The number of rotatable bonds is 2. The number of fused-ring (bicyclic) bond motifs is 1. The Morgan fingerprint density at radius 1 is 1.05 bits per heavy atom. The molecule has 0 fully saturated rings. The molecule has 3 nitrogen and oxygen atoms in total. The average molecular weight is 262 g/mol. The van der Waals surface area contributed by atoms with Gasteiger partial charge in [-0.2, -0.15) is 0 Å². The first-order valence-corrected chi connectivity index (χ1v) is 6.46. The number of amides is 1. The van der Waals surface area contributed by atoms with Gasteiger partial charge in [-0.15, -0.1) is 0 Å². The molecular weight excluding hydrogens is 248 g/mol. The highest BCUT2D eigenvalue weighted by molar-refractivity contribution is 6.00. The van der Waals surface area contributed by atoms with E-state index in [9.17, 15) is 4.79 Å². The Bertz CT molecular complexity index is 729. The summed E-state index contributed by atoms with van der Waals surface area (Å²) in [6.45, 7) is 0. The number of carbonyl (C=O) groups is 1. The standard InChI is InChI=1S/C17H14N2O/c18-17(20)15-7-3-2-6-14(15)12-9-10-19-16-8-4-1-5-13(16)11-12/h1-10H,11H2,(H2,18,20). The molecule has 1 heterocycles. The van der Waals surface area contributed by atoms with Crippen LogP contribution in [0.15, 0.2) is 59.6 Å². The van der Waals surface area contributed by atoms with Gasteiger partial charge < -0.3 is 5.73 Å². The molecule has 0 unspecified atom stereocenters. The number of carbonyl (C=O) groups excluding carboxylic acids is 1. The Labute approximate surface area is 117 Å². The van der Waals surface area contributed by atoms with Crippen molar-refractivity contribution in [2.24, 2.45) is 10.7 Å². The van der Waals surface area contributed by atoms with Crippen molar-refractivity contribution in [3.05, 3.63) is 71.3 Å². The molecule has 0 aliphatic carbocycles. The molecule has 98 valence electrons. The molecule has 2 aromatic rings. The van der Waals surface area contributed by atoms with Crippen LogP contribution in [0.2, 0.25) is 0 Å².